The number of carbonyl (C=O) groups is 1. The van der Waals surface area contributed by atoms with Gasteiger partial charge in [-0.15, -0.1) is 21.5 Å². The number of nitrogens with zero attached hydrogens (tertiary/aromatic N) is 4. The Morgan fingerprint density at radius 2 is 2.32 bits per heavy atom. The van der Waals surface area contributed by atoms with Crippen LogP contribution in [0.5, 0.6) is 0 Å². The predicted molar refractivity (Wildman–Crippen MR) is 79.7 cm³/mol. The number of hydrogen-bond donors (Lipinski definition) is 1. The van der Waals surface area contributed by atoms with Gasteiger partial charge in [0, 0.05) is 24.6 Å². The van der Waals surface area contributed by atoms with Gasteiger partial charge >= 0.3 is 0 Å². The molecule has 2 rings (SSSR count). The maximum Gasteiger partial charge on any atom is 0.225 e. The molecule has 2 aromatic rings. The summed E-state index contributed by atoms with van der Waals surface area (Å²) >= 11 is 4.37. The topological polar surface area (TPSA) is 85.0 Å². The van der Waals surface area contributed by atoms with Gasteiger partial charge in [-0.05, 0) is 6.92 Å². The van der Waals surface area contributed by atoms with Gasteiger partial charge in [0.2, 0.25) is 11.0 Å². The van der Waals surface area contributed by atoms with E-state index in [0.29, 0.717) is 17.4 Å². The van der Waals surface area contributed by atoms with Crippen LogP contribution in [-0.2, 0) is 10.5 Å². The monoisotopic (exact) mass is 315 g/mol. The van der Waals surface area contributed by atoms with E-state index in [1.54, 1.807) is 23.6 Å². The third-order valence-electron chi connectivity index (χ3n) is 2.23. The average Bonchev–Trinajstić information content (AvgIpc) is 2.96. The number of rotatable bonds is 5. The fourth-order valence-corrected chi connectivity index (χ4v) is 3.96. The molecule has 2 aromatic heterocycles. The highest BCUT2D eigenvalue weighted by molar-refractivity contribution is 8.00. The summed E-state index contributed by atoms with van der Waals surface area (Å²) in [4.78, 5) is 17.5. The highest BCUT2D eigenvalue weighted by atomic mass is 32.2. The normalized spacial score (nSPS) is 10.6. The van der Waals surface area contributed by atoms with Crippen LogP contribution in [0.4, 0.5) is 10.3 Å². The number of aromatic nitrogens is 3. The van der Waals surface area contributed by atoms with Crippen LogP contribution in [0.25, 0.3) is 0 Å². The molecule has 0 aliphatic rings. The molecule has 0 spiro atoms. The van der Waals surface area contributed by atoms with E-state index in [-0.39, 0.29) is 5.91 Å². The molecule has 0 aromatic carbocycles. The molecule has 9 heteroatoms. The molecule has 0 fully saturated rings. The highest BCUT2D eigenvalue weighted by Crippen LogP contribution is 2.29. The lowest BCUT2D eigenvalue weighted by Gasteiger charge is -2.14. The lowest BCUT2D eigenvalue weighted by molar-refractivity contribution is -0.116. The maximum absolute atomic E-state index is 11.4. The largest absolute Gasteiger partial charge is 0.374 e. The number of nitrogens with two attached hydrogens (primary N) is 1. The second kappa shape index (κ2) is 6.31. The minimum Gasteiger partial charge on any atom is -0.374 e. The molecular formula is C10H13N5OS3. The lowest BCUT2D eigenvalue weighted by Crippen LogP contribution is -2.27. The quantitative estimate of drug-likeness (QED) is 0.852. The SMILES string of the molecule is CCN(C(C)=O)c1nc(CSc2nnc(N)s2)cs1. The van der Waals surface area contributed by atoms with E-state index >= 15 is 0 Å². The molecule has 0 radical (unpaired) electrons. The molecule has 0 atom stereocenters. The Kier molecular flexibility index (Phi) is 4.72. The summed E-state index contributed by atoms with van der Waals surface area (Å²) in [7, 11) is 0. The van der Waals surface area contributed by atoms with E-state index in [1.807, 2.05) is 12.3 Å². The van der Waals surface area contributed by atoms with E-state index < -0.39 is 0 Å². The van der Waals surface area contributed by atoms with Gasteiger partial charge in [-0.25, -0.2) is 4.98 Å². The third kappa shape index (κ3) is 3.64. The van der Waals surface area contributed by atoms with Crippen LogP contribution in [0.1, 0.15) is 19.5 Å². The Labute approximate surface area is 123 Å². The summed E-state index contributed by atoms with van der Waals surface area (Å²) in [5.41, 5.74) is 6.45. The maximum atomic E-state index is 11.4. The summed E-state index contributed by atoms with van der Waals surface area (Å²) in [6, 6.07) is 0. The molecule has 0 bridgehead atoms. The van der Waals surface area contributed by atoms with E-state index in [4.69, 9.17) is 5.73 Å². The van der Waals surface area contributed by atoms with Gasteiger partial charge in [-0.2, -0.15) is 0 Å². The molecule has 0 aliphatic carbocycles. The fourth-order valence-electron chi connectivity index (χ4n) is 1.39. The molecular weight excluding hydrogens is 302 g/mol. The Balaban J connectivity index is 1.99. The van der Waals surface area contributed by atoms with Crippen molar-refractivity contribution in [3.8, 4) is 0 Å². The van der Waals surface area contributed by atoms with Gasteiger partial charge in [0.05, 0.1) is 5.69 Å². The number of nitrogen functional groups attached to an aromatic ring is 1. The van der Waals surface area contributed by atoms with Crippen molar-refractivity contribution in [3.63, 3.8) is 0 Å². The molecule has 0 saturated heterocycles. The summed E-state index contributed by atoms with van der Waals surface area (Å²) in [5, 5.41) is 10.9. The summed E-state index contributed by atoms with van der Waals surface area (Å²) < 4.78 is 0.825. The molecule has 0 aliphatic heterocycles. The summed E-state index contributed by atoms with van der Waals surface area (Å²) in [5.74, 6) is 0.702. The molecule has 2 N–H and O–H groups in total. The first-order valence-corrected chi connectivity index (χ1v) is 8.22. The van der Waals surface area contributed by atoms with Gasteiger partial charge in [0.15, 0.2) is 9.47 Å². The number of hydrogen-bond acceptors (Lipinski definition) is 8. The van der Waals surface area contributed by atoms with Crippen LogP contribution in [0, 0.1) is 0 Å². The van der Waals surface area contributed by atoms with Gasteiger partial charge in [0.25, 0.3) is 0 Å². The van der Waals surface area contributed by atoms with Crippen molar-refractivity contribution >= 4 is 50.6 Å². The zero-order valence-corrected chi connectivity index (χ0v) is 12.9. The fraction of sp³-hybridized carbons (Fsp3) is 0.400. The van der Waals surface area contributed by atoms with Crippen molar-refractivity contribution in [1.82, 2.24) is 15.2 Å². The number of amides is 1. The standard InChI is InChI=1S/C10H13N5OS3/c1-3-15(6(2)16)9-12-7(4-17-9)5-18-10-14-13-8(11)19-10/h4H,3,5H2,1-2H3,(H2,11,13). The second-order valence-electron chi connectivity index (χ2n) is 3.58. The van der Waals surface area contributed by atoms with Gasteiger partial charge in [-0.1, -0.05) is 23.1 Å². The Hall–Kier alpha value is -1.19. The van der Waals surface area contributed by atoms with Crippen LogP contribution in [0.3, 0.4) is 0 Å². The number of carbonyl (C=O) groups excluding carboxylic acids is 1. The third-order valence-corrected chi connectivity index (χ3v) is 5.06. The molecule has 102 valence electrons. The Morgan fingerprint density at radius 1 is 1.53 bits per heavy atom. The number of thioether (sulfide) groups is 1. The minimum atomic E-state index is 0.00736. The number of thiazole rings is 1. The van der Waals surface area contributed by atoms with Crippen molar-refractivity contribution in [2.24, 2.45) is 0 Å². The van der Waals surface area contributed by atoms with E-state index in [1.165, 1.54) is 22.7 Å². The molecule has 2 heterocycles. The highest BCUT2D eigenvalue weighted by Gasteiger charge is 2.13. The van der Waals surface area contributed by atoms with Crippen LogP contribution < -0.4 is 10.6 Å². The van der Waals surface area contributed by atoms with Crippen molar-refractivity contribution in [3.05, 3.63) is 11.1 Å². The molecule has 0 unspecified atom stereocenters. The second-order valence-corrected chi connectivity index (χ2v) is 6.65. The van der Waals surface area contributed by atoms with Crippen LogP contribution in [0.2, 0.25) is 0 Å². The zero-order valence-electron chi connectivity index (χ0n) is 10.5. The first kappa shape index (κ1) is 14.2. The molecule has 0 saturated carbocycles. The van der Waals surface area contributed by atoms with E-state index in [9.17, 15) is 4.79 Å². The molecule has 19 heavy (non-hydrogen) atoms. The number of anilines is 2. The molecule has 6 nitrogen and oxygen atoms in total. The zero-order chi connectivity index (χ0) is 13.8. The Bertz CT molecular complexity index is 567. The average molecular weight is 315 g/mol. The van der Waals surface area contributed by atoms with Crippen LogP contribution in [0.15, 0.2) is 9.72 Å². The summed E-state index contributed by atoms with van der Waals surface area (Å²) in [6.45, 7) is 4.10. The summed E-state index contributed by atoms with van der Waals surface area (Å²) in [6.07, 6.45) is 0. The first-order valence-electron chi connectivity index (χ1n) is 5.54. The van der Waals surface area contributed by atoms with Gasteiger partial charge in [-0.3, -0.25) is 9.69 Å². The smallest absolute Gasteiger partial charge is 0.225 e. The predicted octanol–water partition coefficient (Wildman–Crippen LogP) is 2.24. The first-order chi connectivity index (χ1) is 9.10. The van der Waals surface area contributed by atoms with Crippen LogP contribution >= 0.6 is 34.4 Å². The van der Waals surface area contributed by atoms with Crippen molar-refractivity contribution in [2.45, 2.75) is 23.9 Å². The minimum absolute atomic E-state index is 0.00736. The Morgan fingerprint density at radius 3 is 2.89 bits per heavy atom. The van der Waals surface area contributed by atoms with E-state index in [2.05, 4.69) is 15.2 Å². The van der Waals surface area contributed by atoms with Crippen molar-refractivity contribution in [1.29, 1.82) is 0 Å². The van der Waals surface area contributed by atoms with Crippen LogP contribution in [-0.4, -0.2) is 27.6 Å². The van der Waals surface area contributed by atoms with Crippen molar-refractivity contribution in [2.75, 3.05) is 17.2 Å². The van der Waals surface area contributed by atoms with Gasteiger partial charge in [0.1, 0.15) is 0 Å². The molecule has 1 amide bonds. The van der Waals surface area contributed by atoms with Crippen molar-refractivity contribution < 1.29 is 4.79 Å². The van der Waals surface area contributed by atoms with Gasteiger partial charge < -0.3 is 5.73 Å². The van der Waals surface area contributed by atoms with E-state index in [0.717, 1.165) is 15.2 Å². The lowest BCUT2D eigenvalue weighted by atomic mass is 10.5.